The van der Waals surface area contributed by atoms with E-state index in [4.69, 9.17) is 9.47 Å². The lowest BCUT2D eigenvalue weighted by molar-refractivity contribution is 0.466. The minimum atomic E-state index is 0.824. The standard InChI is InChI=1S/C36H26O2/c1-5-13-29(14-6-1)33-23-27(24-34(37-33)30-15-7-2-8-16-30)21-22-28-25-35(31-17-9-3-10-18-31)38-36(26-28)32-19-11-4-12-20-32/h1-26H. The maximum absolute atomic E-state index is 6.35. The van der Waals surface area contributed by atoms with Crippen LogP contribution in [0.3, 0.4) is 0 Å². The van der Waals surface area contributed by atoms with Crippen molar-refractivity contribution in [2.24, 2.45) is 0 Å². The van der Waals surface area contributed by atoms with Crippen LogP contribution in [0.4, 0.5) is 0 Å². The normalized spacial score (nSPS) is 14.7. The predicted molar refractivity (Wildman–Crippen MR) is 156 cm³/mol. The molecule has 0 aliphatic carbocycles. The van der Waals surface area contributed by atoms with Gasteiger partial charge in [0.25, 0.3) is 0 Å². The first-order valence-electron chi connectivity index (χ1n) is 12.7. The fraction of sp³-hybridized carbons (Fsp3) is 0. The second-order valence-electron chi connectivity index (χ2n) is 9.04. The number of rotatable bonds is 5. The van der Waals surface area contributed by atoms with Gasteiger partial charge in [0.1, 0.15) is 23.0 Å². The van der Waals surface area contributed by atoms with E-state index >= 15 is 0 Å². The highest BCUT2D eigenvalue weighted by Crippen LogP contribution is 2.34. The number of allylic oxidation sites excluding steroid dienone is 8. The lowest BCUT2D eigenvalue weighted by Gasteiger charge is -2.19. The summed E-state index contributed by atoms with van der Waals surface area (Å²) in [6.45, 7) is 0. The molecule has 182 valence electrons. The van der Waals surface area contributed by atoms with Crippen LogP contribution in [0.2, 0.25) is 0 Å². The lowest BCUT2D eigenvalue weighted by atomic mass is 10.0. The monoisotopic (exact) mass is 490 g/mol. The van der Waals surface area contributed by atoms with Crippen molar-refractivity contribution in [1.29, 1.82) is 0 Å². The van der Waals surface area contributed by atoms with Crippen molar-refractivity contribution in [1.82, 2.24) is 0 Å². The number of ether oxygens (including phenoxy) is 2. The third-order valence-corrected chi connectivity index (χ3v) is 6.33. The summed E-state index contributed by atoms with van der Waals surface area (Å²) >= 11 is 0. The fourth-order valence-electron chi connectivity index (χ4n) is 4.41. The molecule has 2 nitrogen and oxygen atoms in total. The molecule has 0 saturated carbocycles. The zero-order valence-corrected chi connectivity index (χ0v) is 20.8. The molecule has 0 N–H and O–H groups in total. The molecule has 4 aromatic rings. The van der Waals surface area contributed by atoms with Gasteiger partial charge in [0.2, 0.25) is 0 Å². The molecule has 0 bridgehead atoms. The Morgan fingerprint density at radius 3 is 0.789 bits per heavy atom. The van der Waals surface area contributed by atoms with E-state index in [0.29, 0.717) is 0 Å². The zero-order chi connectivity index (χ0) is 25.6. The van der Waals surface area contributed by atoms with E-state index < -0.39 is 0 Å². The zero-order valence-electron chi connectivity index (χ0n) is 20.8. The fourth-order valence-corrected chi connectivity index (χ4v) is 4.41. The summed E-state index contributed by atoms with van der Waals surface area (Å²) in [5, 5.41) is 0. The van der Waals surface area contributed by atoms with E-state index in [-0.39, 0.29) is 0 Å². The maximum atomic E-state index is 6.35. The minimum Gasteiger partial charge on any atom is -0.456 e. The molecule has 0 fully saturated rings. The minimum absolute atomic E-state index is 0.824. The van der Waals surface area contributed by atoms with Crippen LogP contribution in [-0.2, 0) is 9.47 Å². The van der Waals surface area contributed by atoms with Crippen molar-refractivity contribution in [3.63, 3.8) is 0 Å². The number of hydrogen-bond donors (Lipinski definition) is 0. The van der Waals surface area contributed by atoms with Gasteiger partial charge in [-0.05, 0) is 35.5 Å². The van der Waals surface area contributed by atoms with E-state index in [1.807, 2.05) is 72.8 Å². The molecule has 6 rings (SSSR count). The molecular weight excluding hydrogens is 464 g/mol. The molecule has 0 atom stereocenters. The Balaban J connectivity index is 1.42. The Labute approximate surface area is 223 Å². The van der Waals surface area contributed by atoms with Crippen LogP contribution in [0.15, 0.2) is 169 Å². The molecule has 0 radical (unpaired) electrons. The van der Waals surface area contributed by atoms with Crippen molar-refractivity contribution in [3.05, 3.63) is 191 Å². The largest absolute Gasteiger partial charge is 0.456 e. The smallest absolute Gasteiger partial charge is 0.135 e. The van der Waals surface area contributed by atoms with Gasteiger partial charge in [0, 0.05) is 22.3 Å². The predicted octanol–water partition coefficient (Wildman–Crippen LogP) is 9.06. The van der Waals surface area contributed by atoms with Crippen LogP contribution in [0, 0.1) is 0 Å². The molecule has 38 heavy (non-hydrogen) atoms. The summed E-state index contributed by atoms with van der Waals surface area (Å²) in [5.41, 5.74) is 6.26. The molecule has 2 heteroatoms. The van der Waals surface area contributed by atoms with E-state index in [1.54, 1.807) is 0 Å². The first-order valence-corrected chi connectivity index (χ1v) is 12.7. The van der Waals surface area contributed by atoms with Gasteiger partial charge in [-0.15, -0.1) is 0 Å². The van der Waals surface area contributed by atoms with Crippen LogP contribution in [-0.4, -0.2) is 0 Å². The van der Waals surface area contributed by atoms with Gasteiger partial charge >= 0.3 is 0 Å². The van der Waals surface area contributed by atoms with Crippen molar-refractivity contribution >= 4 is 23.0 Å². The Kier molecular flexibility index (Phi) is 6.69. The highest BCUT2D eigenvalue weighted by molar-refractivity contribution is 5.79. The summed E-state index contributed by atoms with van der Waals surface area (Å²) in [6, 6.07) is 40.8. The third-order valence-electron chi connectivity index (χ3n) is 6.33. The molecule has 2 heterocycles. The second-order valence-corrected chi connectivity index (χ2v) is 9.04. The molecule has 0 saturated heterocycles. The average Bonchev–Trinajstić information content (AvgIpc) is 3.01. The van der Waals surface area contributed by atoms with Crippen LogP contribution in [0.5, 0.6) is 0 Å². The van der Waals surface area contributed by atoms with Crippen molar-refractivity contribution in [2.75, 3.05) is 0 Å². The topological polar surface area (TPSA) is 18.5 Å². The molecule has 0 aromatic heterocycles. The van der Waals surface area contributed by atoms with Crippen molar-refractivity contribution in [3.8, 4) is 0 Å². The van der Waals surface area contributed by atoms with Gasteiger partial charge < -0.3 is 9.47 Å². The summed E-state index contributed by atoms with van der Waals surface area (Å²) in [5.74, 6) is 3.29. The van der Waals surface area contributed by atoms with E-state index in [0.717, 1.165) is 56.4 Å². The van der Waals surface area contributed by atoms with Crippen LogP contribution in [0.25, 0.3) is 23.0 Å². The summed E-state index contributed by atoms with van der Waals surface area (Å²) in [7, 11) is 0. The van der Waals surface area contributed by atoms with E-state index in [2.05, 4.69) is 85.0 Å². The van der Waals surface area contributed by atoms with Gasteiger partial charge in [-0.3, -0.25) is 0 Å². The quantitative estimate of drug-likeness (QED) is 0.278. The van der Waals surface area contributed by atoms with Gasteiger partial charge in [-0.25, -0.2) is 0 Å². The van der Waals surface area contributed by atoms with E-state index in [1.165, 1.54) is 0 Å². The van der Waals surface area contributed by atoms with Crippen molar-refractivity contribution < 1.29 is 9.47 Å². The molecule has 4 aromatic carbocycles. The van der Waals surface area contributed by atoms with Gasteiger partial charge in [-0.1, -0.05) is 133 Å². The Bertz CT molecular complexity index is 1360. The Morgan fingerprint density at radius 2 is 0.553 bits per heavy atom. The number of benzene rings is 4. The van der Waals surface area contributed by atoms with Gasteiger partial charge in [0.15, 0.2) is 0 Å². The molecule has 0 spiro atoms. The van der Waals surface area contributed by atoms with E-state index in [9.17, 15) is 0 Å². The van der Waals surface area contributed by atoms with Crippen molar-refractivity contribution in [2.45, 2.75) is 0 Å². The number of hydrogen-bond acceptors (Lipinski definition) is 2. The van der Waals surface area contributed by atoms with Crippen LogP contribution < -0.4 is 0 Å². The first-order chi connectivity index (χ1) is 18.8. The highest BCUT2D eigenvalue weighted by Gasteiger charge is 2.16. The summed E-state index contributed by atoms with van der Waals surface area (Å²) in [6.07, 6.45) is 12.6. The molecule has 0 amide bonds. The van der Waals surface area contributed by atoms with Crippen LogP contribution in [0.1, 0.15) is 22.3 Å². The van der Waals surface area contributed by atoms with Gasteiger partial charge in [0.05, 0.1) is 0 Å². The first kappa shape index (κ1) is 23.3. The van der Waals surface area contributed by atoms with Gasteiger partial charge in [-0.2, -0.15) is 0 Å². The molecule has 2 aliphatic heterocycles. The summed E-state index contributed by atoms with van der Waals surface area (Å²) in [4.78, 5) is 0. The summed E-state index contributed by atoms with van der Waals surface area (Å²) < 4.78 is 12.7. The molecule has 0 unspecified atom stereocenters. The Hall–Kier alpha value is -5.08. The maximum Gasteiger partial charge on any atom is 0.135 e. The lowest BCUT2D eigenvalue weighted by Crippen LogP contribution is -2.00. The third kappa shape index (κ3) is 5.35. The molecule has 2 aliphatic rings. The van der Waals surface area contributed by atoms with Crippen LogP contribution >= 0.6 is 0 Å². The second kappa shape index (κ2) is 10.9. The Morgan fingerprint density at radius 1 is 0.316 bits per heavy atom. The molecular formula is C36H26O2. The average molecular weight is 491 g/mol. The highest BCUT2D eigenvalue weighted by atomic mass is 16.5. The SMILES string of the molecule is C(C=C1C=C(c2ccccc2)OC(c2ccccc2)=C1)=C1C=C(c2ccccc2)OC(c2ccccc2)=C1.